The van der Waals surface area contributed by atoms with Crippen LogP contribution in [-0.4, -0.2) is 24.4 Å². The number of thiocarbonyl (C=S) groups is 1. The zero-order valence-electron chi connectivity index (χ0n) is 14.7. The third-order valence-electron chi connectivity index (χ3n) is 3.95. The number of benzene rings is 2. The number of rotatable bonds is 4. The Kier molecular flexibility index (Phi) is 5.66. The number of hydrogen-bond acceptors (Lipinski definition) is 5. The lowest BCUT2D eigenvalue weighted by Crippen LogP contribution is -2.27. The average Bonchev–Trinajstić information content (AvgIpc) is 2.94. The Morgan fingerprint density at radius 1 is 1.11 bits per heavy atom. The van der Waals surface area contributed by atoms with Crippen LogP contribution < -0.4 is 14.4 Å². The number of carbonyl (C=O) groups is 1. The first-order valence-corrected chi connectivity index (χ1v) is 9.14. The second kappa shape index (κ2) is 7.84. The zero-order valence-corrected chi connectivity index (χ0v) is 16.4. The fourth-order valence-electron chi connectivity index (χ4n) is 2.59. The third kappa shape index (κ3) is 4.00. The Bertz CT molecular complexity index is 973. The molecule has 1 heterocycles. The molecule has 2 aromatic rings. The van der Waals surface area contributed by atoms with E-state index in [9.17, 15) is 18.0 Å². The Morgan fingerprint density at radius 3 is 2.50 bits per heavy atom. The lowest BCUT2D eigenvalue weighted by Gasteiger charge is -2.16. The van der Waals surface area contributed by atoms with Gasteiger partial charge in [0.25, 0.3) is 5.91 Å². The topological polar surface area (TPSA) is 38.8 Å². The van der Waals surface area contributed by atoms with Gasteiger partial charge in [0.2, 0.25) is 0 Å². The molecule has 0 unspecified atom stereocenters. The van der Waals surface area contributed by atoms with Crippen LogP contribution in [0.2, 0.25) is 0 Å². The molecule has 0 saturated carbocycles. The van der Waals surface area contributed by atoms with Crippen LogP contribution in [0, 0.1) is 0 Å². The molecule has 1 fully saturated rings. The molecule has 1 amide bonds. The van der Waals surface area contributed by atoms with E-state index in [2.05, 4.69) is 0 Å². The molecule has 0 spiro atoms. The lowest BCUT2D eigenvalue weighted by atomic mass is 10.1. The highest BCUT2D eigenvalue weighted by Crippen LogP contribution is 2.39. The first kappa shape index (κ1) is 20.2. The molecular weight excluding hydrogens is 411 g/mol. The van der Waals surface area contributed by atoms with Gasteiger partial charge < -0.3 is 9.47 Å². The van der Waals surface area contributed by atoms with Crippen LogP contribution in [0.25, 0.3) is 6.08 Å². The van der Waals surface area contributed by atoms with Crippen molar-refractivity contribution in [3.8, 4) is 11.5 Å². The van der Waals surface area contributed by atoms with Crippen molar-refractivity contribution in [2.45, 2.75) is 6.18 Å². The predicted molar refractivity (Wildman–Crippen MR) is 107 cm³/mol. The Labute approximate surface area is 168 Å². The molecule has 1 saturated heterocycles. The summed E-state index contributed by atoms with van der Waals surface area (Å²) in [4.78, 5) is 14.2. The van der Waals surface area contributed by atoms with Crippen LogP contribution in [0.5, 0.6) is 11.5 Å². The summed E-state index contributed by atoms with van der Waals surface area (Å²) < 4.78 is 49.5. The maximum atomic E-state index is 13.0. The summed E-state index contributed by atoms with van der Waals surface area (Å²) in [5.74, 6) is 0.585. The highest BCUT2D eigenvalue weighted by molar-refractivity contribution is 8.27. The molecule has 0 N–H and O–H groups in total. The minimum Gasteiger partial charge on any atom is -0.497 e. The van der Waals surface area contributed by atoms with Gasteiger partial charge in [-0.3, -0.25) is 9.69 Å². The van der Waals surface area contributed by atoms with Crippen LogP contribution in [0.4, 0.5) is 18.9 Å². The van der Waals surface area contributed by atoms with Crippen molar-refractivity contribution in [3.63, 3.8) is 0 Å². The van der Waals surface area contributed by atoms with E-state index in [1.54, 1.807) is 24.3 Å². The van der Waals surface area contributed by atoms with E-state index in [-0.39, 0.29) is 14.9 Å². The number of amides is 1. The van der Waals surface area contributed by atoms with Crippen LogP contribution in [0.1, 0.15) is 11.1 Å². The van der Waals surface area contributed by atoms with Crippen molar-refractivity contribution in [2.75, 3.05) is 19.1 Å². The minimum atomic E-state index is -4.51. The number of halogens is 3. The van der Waals surface area contributed by atoms with Crippen LogP contribution in [0.3, 0.4) is 0 Å². The quantitative estimate of drug-likeness (QED) is 0.502. The van der Waals surface area contributed by atoms with E-state index in [1.165, 1.54) is 26.4 Å². The van der Waals surface area contributed by atoms with Gasteiger partial charge in [-0.1, -0.05) is 30.0 Å². The SMILES string of the molecule is COc1ccc(C=C2SC(=S)N(c3cccc(C(F)(F)F)c3)C2=O)c(OC)c1. The second-order valence-corrected chi connectivity index (χ2v) is 7.35. The summed E-state index contributed by atoms with van der Waals surface area (Å²) in [6.07, 6.45) is -2.92. The monoisotopic (exact) mass is 425 g/mol. The summed E-state index contributed by atoms with van der Waals surface area (Å²) in [5, 5.41) is 0. The third-order valence-corrected chi connectivity index (χ3v) is 5.25. The molecule has 0 radical (unpaired) electrons. The summed E-state index contributed by atoms with van der Waals surface area (Å²) in [6.45, 7) is 0. The molecule has 9 heteroatoms. The van der Waals surface area contributed by atoms with Crippen molar-refractivity contribution < 1.29 is 27.4 Å². The van der Waals surface area contributed by atoms with Gasteiger partial charge in [0, 0.05) is 11.6 Å². The van der Waals surface area contributed by atoms with E-state index in [1.807, 2.05) is 0 Å². The summed E-state index contributed by atoms with van der Waals surface area (Å²) in [6, 6.07) is 9.60. The molecule has 2 aromatic carbocycles. The number of nitrogens with zero attached hydrogens (tertiary/aromatic N) is 1. The van der Waals surface area contributed by atoms with Gasteiger partial charge in [-0.25, -0.2) is 0 Å². The summed E-state index contributed by atoms with van der Waals surface area (Å²) in [7, 11) is 3.01. The van der Waals surface area contributed by atoms with Crippen LogP contribution in [0.15, 0.2) is 47.4 Å². The number of hydrogen-bond donors (Lipinski definition) is 0. The normalized spacial score (nSPS) is 16.0. The lowest BCUT2D eigenvalue weighted by molar-refractivity contribution is -0.137. The highest BCUT2D eigenvalue weighted by Gasteiger charge is 2.36. The van der Waals surface area contributed by atoms with Gasteiger partial charge in [0.1, 0.15) is 11.5 Å². The van der Waals surface area contributed by atoms with E-state index >= 15 is 0 Å². The molecule has 0 bridgehead atoms. The van der Waals surface area contributed by atoms with Crippen molar-refractivity contribution >= 4 is 46.0 Å². The molecule has 3 rings (SSSR count). The van der Waals surface area contributed by atoms with Crippen LogP contribution >= 0.6 is 24.0 Å². The van der Waals surface area contributed by atoms with Gasteiger partial charge in [-0.2, -0.15) is 13.2 Å². The number of carbonyl (C=O) groups excluding carboxylic acids is 1. The Balaban J connectivity index is 1.96. The Hall–Kier alpha value is -2.52. The fourth-order valence-corrected chi connectivity index (χ4v) is 3.88. The van der Waals surface area contributed by atoms with Gasteiger partial charge in [0.15, 0.2) is 4.32 Å². The van der Waals surface area contributed by atoms with Gasteiger partial charge >= 0.3 is 6.18 Å². The summed E-state index contributed by atoms with van der Waals surface area (Å²) >= 11 is 6.24. The number of alkyl halides is 3. The largest absolute Gasteiger partial charge is 0.497 e. The van der Waals surface area contributed by atoms with E-state index in [0.29, 0.717) is 17.1 Å². The minimum absolute atomic E-state index is 0.0717. The van der Waals surface area contributed by atoms with Crippen molar-refractivity contribution in [1.29, 1.82) is 0 Å². The number of anilines is 1. The smallest absolute Gasteiger partial charge is 0.416 e. The number of thioether (sulfide) groups is 1. The predicted octanol–water partition coefficient (Wildman–Crippen LogP) is 5.13. The van der Waals surface area contributed by atoms with Crippen molar-refractivity contribution in [1.82, 2.24) is 0 Å². The van der Waals surface area contributed by atoms with Crippen LogP contribution in [-0.2, 0) is 11.0 Å². The fraction of sp³-hybridized carbons (Fsp3) is 0.158. The molecule has 146 valence electrons. The molecule has 0 aliphatic carbocycles. The molecule has 1 aliphatic heterocycles. The van der Waals surface area contributed by atoms with Crippen molar-refractivity contribution in [3.05, 3.63) is 58.5 Å². The van der Waals surface area contributed by atoms with E-state index < -0.39 is 17.6 Å². The molecule has 1 aliphatic rings. The molecule has 0 atom stereocenters. The standard InChI is InChI=1S/C19H14F3NO3S2/c1-25-14-7-6-11(15(10-14)26-2)8-16-17(24)23(18(27)28-16)13-5-3-4-12(9-13)19(20,21)22/h3-10H,1-2H3. The molecular formula is C19H14F3NO3S2. The second-order valence-electron chi connectivity index (χ2n) is 5.67. The average molecular weight is 425 g/mol. The summed E-state index contributed by atoms with van der Waals surface area (Å²) in [5.41, 5.74) is -0.157. The first-order chi connectivity index (χ1) is 13.2. The molecule has 28 heavy (non-hydrogen) atoms. The molecule has 4 nitrogen and oxygen atoms in total. The van der Waals surface area contributed by atoms with E-state index in [4.69, 9.17) is 21.7 Å². The van der Waals surface area contributed by atoms with Gasteiger partial charge in [0.05, 0.1) is 30.4 Å². The number of ether oxygens (including phenoxy) is 2. The van der Waals surface area contributed by atoms with E-state index in [0.717, 1.165) is 28.8 Å². The number of methoxy groups -OCH3 is 2. The van der Waals surface area contributed by atoms with Gasteiger partial charge in [-0.15, -0.1) is 0 Å². The maximum Gasteiger partial charge on any atom is 0.416 e. The maximum absolute atomic E-state index is 13.0. The highest BCUT2D eigenvalue weighted by atomic mass is 32.2. The van der Waals surface area contributed by atoms with Crippen molar-refractivity contribution in [2.24, 2.45) is 0 Å². The molecule has 0 aromatic heterocycles. The zero-order chi connectivity index (χ0) is 20.5. The Morgan fingerprint density at radius 2 is 1.86 bits per heavy atom. The first-order valence-electron chi connectivity index (χ1n) is 7.92. The van der Waals surface area contributed by atoms with Gasteiger partial charge in [-0.05, 0) is 36.4 Å².